The van der Waals surface area contributed by atoms with E-state index in [-0.39, 0.29) is 16.2 Å². The van der Waals surface area contributed by atoms with Crippen LogP contribution in [0.5, 0.6) is 11.5 Å². The maximum Gasteiger partial charge on any atom is 0.335 e. The highest BCUT2D eigenvalue weighted by Gasteiger charge is 2.26. The van der Waals surface area contributed by atoms with Crippen molar-refractivity contribution in [3.63, 3.8) is 0 Å². The fraction of sp³-hybridized carbons (Fsp3) is 0.435. The van der Waals surface area contributed by atoms with E-state index in [1.54, 1.807) is 24.3 Å². The van der Waals surface area contributed by atoms with E-state index in [1.807, 2.05) is 11.0 Å². The normalized spacial score (nSPS) is 11.3. The molecule has 0 heterocycles. The van der Waals surface area contributed by atoms with Crippen molar-refractivity contribution < 1.29 is 23.1 Å². The van der Waals surface area contributed by atoms with E-state index >= 15 is 0 Å². The van der Waals surface area contributed by atoms with Crippen molar-refractivity contribution in [1.82, 2.24) is 0 Å². The number of para-hydroxylation sites is 1. The second-order valence-corrected chi connectivity index (χ2v) is 9.02. The molecule has 0 atom stereocenters. The number of sulfonamides is 1. The Bertz CT molecular complexity index is 951. The molecule has 0 saturated carbocycles. The van der Waals surface area contributed by atoms with Crippen molar-refractivity contribution in [2.24, 2.45) is 5.14 Å². The molecule has 0 amide bonds. The molecule has 2 aromatic rings. The highest BCUT2D eigenvalue weighted by Crippen LogP contribution is 2.39. The first-order valence-corrected chi connectivity index (χ1v) is 12.2. The Kier molecular flexibility index (Phi) is 9.33. The molecule has 0 aliphatic rings. The molecule has 0 spiro atoms. The molecule has 7 nitrogen and oxygen atoms in total. The SMILES string of the molecule is CCCCCN(CCCCC)c1cc(C(=O)O)cc(S(N)(=O)=O)c1Oc1ccccc1. The van der Waals surface area contributed by atoms with Gasteiger partial charge in [0.25, 0.3) is 0 Å². The molecule has 8 heteroatoms. The Hall–Kier alpha value is -2.58. The minimum atomic E-state index is -4.23. The zero-order valence-corrected chi connectivity index (χ0v) is 19.0. The van der Waals surface area contributed by atoms with Crippen molar-refractivity contribution in [3.05, 3.63) is 48.0 Å². The van der Waals surface area contributed by atoms with Crippen molar-refractivity contribution in [1.29, 1.82) is 0 Å². The van der Waals surface area contributed by atoms with Gasteiger partial charge < -0.3 is 14.7 Å². The van der Waals surface area contributed by atoms with E-state index in [2.05, 4.69) is 13.8 Å². The van der Waals surface area contributed by atoms with Crippen molar-refractivity contribution in [2.75, 3.05) is 18.0 Å². The number of benzene rings is 2. The van der Waals surface area contributed by atoms with Gasteiger partial charge in [-0.25, -0.2) is 18.4 Å². The molecule has 0 radical (unpaired) electrons. The summed E-state index contributed by atoms with van der Waals surface area (Å²) in [6.07, 6.45) is 5.89. The van der Waals surface area contributed by atoms with Gasteiger partial charge in [0, 0.05) is 13.1 Å². The summed E-state index contributed by atoms with van der Waals surface area (Å²) in [7, 11) is -4.23. The van der Waals surface area contributed by atoms with Gasteiger partial charge in [0.05, 0.1) is 11.3 Å². The van der Waals surface area contributed by atoms with E-state index in [1.165, 1.54) is 6.07 Å². The fourth-order valence-corrected chi connectivity index (χ4v) is 4.02. The zero-order chi connectivity index (χ0) is 22.9. The molecule has 0 saturated heterocycles. The largest absolute Gasteiger partial charge is 0.478 e. The molecule has 0 aliphatic carbocycles. The molecule has 2 rings (SSSR count). The van der Waals surface area contributed by atoms with Crippen LogP contribution in [-0.4, -0.2) is 32.6 Å². The first-order valence-electron chi connectivity index (χ1n) is 10.7. The number of carboxylic acid groups (broad SMARTS) is 1. The van der Waals surface area contributed by atoms with Crippen LogP contribution in [0.2, 0.25) is 0 Å². The maximum atomic E-state index is 12.4. The second-order valence-electron chi connectivity index (χ2n) is 7.49. The van der Waals surface area contributed by atoms with Crippen LogP contribution in [0.25, 0.3) is 0 Å². The number of nitrogens with two attached hydrogens (primary N) is 1. The molecule has 0 aromatic heterocycles. The summed E-state index contributed by atoms with van der Waals surface area (Å²) in [6, 6.07) is 11.3. The minimum absolute atomic E-state index is 0.0618. The van der Waals surface area contributed by atoms with Gasteiger partial charge in [-0.15, -0.1) is 0 Å². The predicted molar refractivity (Wildman–Crippen MR) is 123 cm³/mol. The van der Waals surface area contributed by atoms with Crippen LogP contribution in [0, 0.1) is 0 Å². The monoisotopic (exact) mass is 448 g/mol. The van der Waals surface area contributed by atoms with E-state index in [4.69, 9.17) is 9.88 Å². The molecule has 0 aliphatic heterocycles. The van der Waals surface area contributed by atoms with Gasteiger partial charge in [-0.05, 0) is 37.1 Å². The summed E-state index contributed by atoms with van der Waals surface area (Å²) in [6.45, 7) is 5.54. The zero-order valence-electron chi connectivity index (χ0n) is 18.2. The second kappa shape index (κ2) is 11.7. The van der Waals surface area contributed by atoms with E-state index < -0.39 is 16.0 Å². The molecular formula is C23H32N2O5S. The third-order valence-corrected chi connectivity index (χ3v) is 5.87. The number of hydrogen-bond donors (Lipinski definition) is 2. The Morgan fingerprint density at radius 2 is 1.58 bits per heavy atom. The third kappa shape index (κ3) is 7.25. The number of carboxylic acids is 1. The number of primary sulfonamides is 1. The number of ether oxygens (including phenoxy) is 1. The lowest BCUT2D eigenvalue weighted by atomic mass is 10.1. The average molecular weight is 449 g/mol. The number of unbranched alkanes of at least 4 members (excludes halogenated alkanes) is 4. The summed E-state index contributed by atoms with van der Waals surface area (Å²) in [5.41, 5.74) is 0.287. The van der Waals surface area contributed by atoms with Crippen molar-refractivity contribution in [3.8, 4) is 11.5 Å². The number of aromatic carboxylic acids is 1. The van der Waals surface area contributed by atoms with E-state index in [0.29, 0.717) is 24.5 Å². The van der Waals surface area contributed by atoms with Gasteiger partial charge in [-0.1, -0.05) is 57.7 Å². The van der Waals surface area contributed by atoms with Gasteiger partial charge in [0.2, 0.25) is 10.0 Å². The van der Waals surface area contributed by atoms with Gasteiger partial charge in [0.1, 0.15) is 10.6 Å². The standard InChI is InChI=1S/C23H32N2O5S/c1-3-5-10-14-25(15-11-6-4-2)20-16-18(23(26)27)17-21(31(24,28)29)22(20)30-19-12-8-7-9-13-19/h7-9,12-13,16-17H,3-6,10-11,14-15H2,1-2H3,(H,26,27)(H2,24,28,29). The molecule has 0 bridgehead atoms. The number of nitrogens with zero attached hydrogens (tertiary/aromatic N) is 1. The number of hydrogen-bond acceptors (Lipinski definition) is 5. The Balaban J connectivity index is 2.65. The first-order chi connectivity index (χ1) is 14.8. The number of carbonyl (C=O) groups is 1. The van der Waals surface area contributed by atoms with Crippen LogP contribution in [-0.2, 0) is 10.0 Å². The fourth-order valence-electron chi connectivity index (χ4n) is 3.32. The first kappa shape index (κ1) is 24.7. The van der Waals surface area contributed by atoms with Gasteiger partial charge in [-0.3, -0.25) is 0 Å². The lowest BCUT2D eigenvalue weighted by Gasteiger charge is -2.28. The Labute approximate surface area is 184 Å². The Morgan fingerprint density at radius 3 is 2.06 bits per heavy atom. The molecule has 3 N–H and O–H groups in total. The van der Waals surface area contributed by atoms with Crippen LogP contribution in [0.1, 0.15) is 62.7 Å². The van der Waals surface area contributed by atoms with E-state index in [0.717, 1.165) is 44.6 Å². The molecule has 2 aromatic carbocycles. The van der Waals surface area contributed by atoms with Gasteiger partial charge in [0.15, 0.2) is 5.75 Å². The summed E-state index contributed by atoms with van der Waals surface area (Å²) < 4.78 is 30.8. The number of rotatable bonds is 13. The molecule has 0 fully saturated rings. The lowest BCUT2D eigenvalue weighted by Crippen LogP contribution is -2.27. The molecule has 31 heavy (non-hydrogen) atoms. The molecular weight excluding hydrogens is 416 g/mol. The summed E-state index contributed by atoms with van der Waals surface area (Å²) in [5, 5.41) is 15.1. The molecule has 0 unspecified atom stereocenters. The summed E-state index contributed by atoms with van der Waals surface area (Å²) in [5.74, 6) is -0.718. The summed E-state index contributed by atoms with van der Waals surface area (Å²) in [4.78, 5) is 13.4. The van der Waals surface area contributed by atoms with Crippen LogP contribution in [0.15, 0.2) is 47.4 Å². The topological polar surface area (TPSA) is 110 Å². The maximum absolute atomic E-state index is 12.4. The van der Waals surface area contributed by atoms with Gasteiger partial charge >= 0.3 is 5.97 Å². The molecule has 170 valence electrons. The lowest BCUT2D eigenvalue weighted by molar-refractivity contribution is 0.0696. The van der Waals surface area contributed by atoms with Gasteiger partial charge in [-0.2, -0.15) is 0 Å². The van der Waals surface area contributed by atoms with Crippen LogP contribution >= 0.6 is 0 Å². The highest BCUT2D eigenvalue weighted by molar-refractivity contribution is 7.89. The Morgan fingerprint density at radius 1 is 1.00 bits per heavy atom. The van der Waals surface area contributed by atoms with Crippen molar-refractivity contribution >= 4 is 21.7 Å². The predicted octanol–water partition coefficient (Wildman–Crippen LogP) is 5.01. The number of anilines is 1. The van der Waals surface area contributed by atoms with E-state index in [9.17, 15) is 18.3 Å². The van der Waals surface area contributed by atoms with Crippen LogP contribution in [0.3, 0.4) is 0 Å². The highest BCUT2D eigenvalue weighted by atomic mass is 32.2. The third-order valence-electron chi connectivity index (χ3n) is 4.96. The summed E-state index contributed by atoms with van der Waals surface area (Å²) >= 11 is 0. The average Bonchev–Trinajstić information content (AvgIpc) is 2.73. The van der Waals surface area contributed by atoms with Crippen molar-refractivity contribution in [2.45, 2.75) is 57.3 Å². The quantitative estimate of drug-likeness (QED) is 0.417. The minimum Gasteiger partial charge on any atom is -0.478 e. The van der Waals surface area contributed by atoms with Crippen LogP contribution in [0.4, 0.5) is 5.69 Å². The smallest absolute Gasteiger partial charge is 0.335 e. The van der Waals surface area contributed by atoms with Crippen LogP contribution < -0.4 is 14.8 Å².